The molecule has 2 fully saturated rings. The van der Waals surface area contributed by atoms with Crippen LogP contribution in [0, 0.1) is 0 Å². The van der Waals surface area contributed by atoms with E-state index in [1.54, 1.807) is 0 Å². The Balaban J connectivity index is 1.27. The molecule has 3 aliphatic rings. The molecule has 132 valence electrons. The van der Waals surface area contributed by atoms with E-state index in [0.29, 0.717) is 11.8 Å². The largest absolute Gasteiger partial charge is 0.372 e. The highest BCUT2D eigenvalue weighted by Crippen LogP contribution is 2.39. The van der Waals surface area contributed by atoms with Crippen LogP contribution < -0.4 is 0 Å². The Morgan fingerprint density at radius 3 is 2.96 bits per heavy atom. The second-order valence-corrected chi connectivity index (χ2v) is 7.67. The summed E-state index contributed by atoms with van der Waals surface area (Å²) in [6.07, 6.45) is 5.97. The summed E-state index contributed by atoms with van der Waals surface area (Å²) in [5, 5.41) is 4.27. The molecule has 1 aromatic heterocycles. The molecule has 1 aromatic carbocycles. The topological polar surface area (TPSA) is 51.4 Å². The molecule has 5 nitrogen and oxygen atoms in total. The third-order valence-electron chi connectivity index (χ3n) is 5.77. The first-order valence-corrected chi connectivity index (χ1v) is 9.62. The molecule has 0 bridgehead atoms. The lowest BCUT2D eigenvalue weighted by molar-refractivity contribution is 0.00991. The van der Waals surface area contributed by atoms with E-state index in [9.17, 15) is 0 Å². The molecule has 0 radical (unpaired) electrons. The summed E-state index contributed by atoms with van der Waals surface area (Å²) < 4.78 is 11.6. The summed E-state index contributed by atoms with van der Waals surface area (Å²) in [6.45, 7) is 3.92. The highest BCUT2D eigenvalue weighted by molar-refractivity contribution is 5.31. The zero-order valence-corrected chi connectivity index (χ0v) is 14.6. The first-order valence-electron chi connectivity index (χ1n) is 9.62. The summed E-state index contributed by atoms with van der Waals surface area (Å²) in [5.41, 5.74) is 2.81. The number of nitrogens with zero attached hydrogens (tertiary/aromatic N) is 3. The predicted molar refractivity (Wildman–Crippen MR) is 93.5 cm³/mol. The van der Waals surface area contributed by atoms with Gasteiger partial charge >= 0.3 is 0 Å². The number of ether oxygens (including phenoxy) is 1. The Hall–Kier alpha value is -1.72. The number of hydrogen-bond donors (Lipinski definition) is 0. The number of likely N-dealkylation sites (tertiary alicyclic amines) is 1. The second kappa shape index (κ2) is 6.54. The zero-order chi connectivity index (χ0) is 16.6. The summed E-state index contributed by atoms with van der Waals surface area (Å²) in [5.74, 6) is 2.70. The van der Waals surface area contributed by atoms with Gasteiger partial charge in [-0.05, 0) is 49.8 Å². The number of fused-ring (bicyclic) bond motifs is 1. The highest BCUT2D eigenvalue weighted by Gasteiger charge is 2.33. The lowest BCUT2D eigenvalue weighted by Crippen LogP contribution is -2.39. The molecule has 25 heavy (non-hydrogen) atoms. The SMILES string of the molecule is c1ccc2c(c1)CCO[C@H]2CN1CCC[C@H](c2noc(C3CC3)n2)C1. The van der Waals surface area contributed by atoms with Crippen molar-refractivity contribution in [2.24, 2.45) is 0 Å². The number of aromatic nitrogens is 2. The predicted octanol–water partition coefficient (Wildman–Crippen LogP) is 3.44. The van der Waals surface area contributed by atoms with Crippen molar-refractivity contribution in [2.75, 3.05) is 26.2 Å². The van der Waals surface area contributed by atoms with E-state index in [-0.39, 0.29) is 6.10 Å². The van der Waals surface area contributed by atoms with Crippen molar-refractivity contribution in [2.45, 2.75) is 50.0 Å². The Bertz CT molecular complexity index is 740. The molecule has 1 saturated carbocycles. The van der Waals surface area contributed by atoms with E-state index in [1.807, 2.05) is 0 Å². The molecule has 2 atom stereocenters. The highest BCUT2D eigenvalue weighted by atomic mass is 16.5. The van der Waals surface area contributed by atoms with E-state index >= 15 is 0 Å². The van der Waals surface area contributed by atoms with Crippen molar-refractivity contribution in [1.29, 1.82) is 0 Å². The smallest absolute Gasteiger partial charge is 0.229 e. The van der Waals surface area contributed by atoms with E-state index < -0.39 is 0 Å². The van der Waals surface area contributed by atoms with Gasteiger partial charge in [0.1, 0.15) is 0 Å². The van der Waals surface area contributed by atoms with E-state index in [1.165, 1.54) is 30.4 Å². The third-order valence-corrected chi connectivity index (χ3v) is 5.77. The molecular weight excluding hydrogens is 314 g/mol. The van der Waals surface area contributed by atoms with Gasteiger partial charge in [0.15, 0.2) is 5.82 Å². The summed E-state index contributed by atoms with van der Waals surface area (Å²) in [4.78, 5) is 7.20. The number of rotatable bonds is 4. The van der Waals surface area contributed by atoms with Gasteiger partial charge in [-0.25, -0.2) is 0 Å². The fourth-order valence-electron chi connectivity index (χ4n) is 4.20. The minimum Gasteiger partial charge on any atom is -0.372 e. The number of benzene rings is 1. The van der Waals surface area contributed by atoms with Crippen LogP contribution in [-0.4, -0.2) is 41.3 Å². The maximum absolute atomic E-state index is 6.10. The molecule has 3 heterocycles. The van der Waals surface area contributed by atoms with Crippen molar-refractivity contribution in [3.63, 3.8) is 0 Å². The fourth-order valence-corrected chi connectivity index (χ4v) is 4.20. The molecule has 5 rings (SSSR count). The quantitative estimate of drug-likeness (QED) is 0.854. The van der Waals surface area contributed by atoms with Crippen LogP contribution in [0.1, 0.15) is 66.5 Å². The number of piperidine rings is 1. The van der Waals surface area contributed by atoms with Gasteiger partial charge in [0.05, 0.1) is 12.7 Å². The van der Waals surface area contributed by atoms with Crippen molar-refractivity contribution in [3.8, 4) is 0 Å². The van der Waals surface area contributed by atoms with Crippen LogP contribution in [0.5, 0.6) is 0 Å². The average molecular weight is 339 g/mol. The third kappa shape index (κ3) is 3.23. The molecule has 1 saturated heterocycles. The van der Waals surface area contributed by atoms with Gasteiger partial charge in [-0.15, -0.1) is 0 Å². The molecule has 2 aliphatic heterocycles. The summed E-state index contributed by atoms with van der Waals surface area (Å²) in [7, 11) is 0. The first-order chi connectivity index (χ1) is 12.4. The van der Waals surface area contributed by atoms with Crippen molar-refractivity contribution in [1.82, 2.24) is 15.0 Å². The van der Waals surface area contributed by atoms with Gasteiger partial charge in [0, 0.05) is 24.9 Å². The van der Waals surface area contributed by atoms with E-state index in [0.717, 1.165) is 50.8 Å². The van der Waals surface area contributed by atoms with Crippen LogP contribution >= 0.6 is 0 Å². The molecule has 2 aromatic rings. The van der Waals surface area contributed by atoms with Gasteiger partial charge in [0.2, 0.25) is 5.89 Å². The van der Waals surface area contributed by atoms with Gasteiger partial charge in [-0.3, -0.25) is 4.90 Å². The maximum Gasteiger partial charge on any atom is 0.229 e. The minimum absolute atomic E-state index is 0.191. The molecule has 1 aliphatic carbocycles. The summed E-state index contributed by atoms with van der Waals surface area (Å²) in [6, 6.07) is 8.72. The van der Waals surface area contributed by atoms with Crippen LogP contribution in [0.15, 0.2) is 28.8 Å². The van der Waals surface area contributed by atoms with Crippen molar-refractivity contribution >= 4 is 0 Å². The van der Waals surface area contributed by atoms with Crippen LogP contribution in [0.3, 0.4) is 0 Å². The fraction of sp³-hybridized carbons (Fsp3) is 0.600. The second-order valence-electron chi connectivity index (χ2n) is 7.67. The van der Waals surface area contributed by atoms with E-state index in [2.05, 4.69) is 39.3 Å². The monoisotopic (exact) mass is 339 g/mol. The minimum atomic E-state index is 0.191. The zero-order valence-electron chi connectivity index (χ0n) is 14.6. The van der Waals surface area contributed by atoms with Gasteiger partial charge in [0.25, 0.3) is 0 Å². The van der Waals surface area contributed by atoms with Crippen molar-refractivity contribution < 1.29 is 9.26 Å². The Kier molecular flexibility index (Phi) is 4.06. The van der Waals surface area contributed by atoms with Gasteiger partial charge < -0.3 is 9.26 Å². The standard InChI is InChI=1S/C20H25N3O2/c1-2-6-17-14(4-1)9-11-24-18(17)13-23-10-3-5-16(12-23)19-21-20(25-22-19)15-7-8-15/h1-2,4,6,15-16,18H,3,5,7-13H2/t16-,18-/m0/s1. The molecule has 0 N–H and O–H groups in total. The van der Waals surface area contributed by atoms with Crippen LogP contribution in [0.2, 0.25) is 0 Å². The Morgan fingerprint density at radius 2 is 2.04 bits per heavy atom. The van der Waals surface area contributed by atoms with Gasteiger partial charge in [-0.1, -0.05) is 29.4 Å². The number of hydrogen-bond acceptors (Lipinski definition) is 5. The lowest BCUT2D eigenvalue weighted by Gasteiger charge is -2.35. The normalized spacial score (nSPS) is 27.2. The summed E-state index contributed by atoms with van der Waals surface area (Å²) >= 11 is 0. The molecule has 0 spiro atoms. The van der Waals surface area contributed by atoms with Crippen LogP contribution in [0.25, 0.3) is 0 Å². The molecule has 0 amide bonds. The molecular formula is C20H25N3O2. The van der Waals surface area contributed by atoms with Crippen molar-refractivity contribution in [3.05, 3.63) is 47.1 Å². The van der Waals surface area contributed by atoms with Crippen LogP contribution in [-0.2, 0) is 11.2 Å². The lowest BCUT2D eigenvalue weighted by atomic mass is 9.94. The maximum atomic E-state index is 6.10. The first kappa shape index (κ1) is 15.5. The average Bonchev–Trinajstić information content (AvgIpc) is 3.39. The van der Waals surface area contributed by atoms with Crippen LogP contribution in [0.4, 0.5) is 0 Å². The molecule has 5 heteroatoms. The van der Waals surface area contributed by atoms with E-state index in [4.69, 9.17) is 9.26 Å². The Labute approximate surface area is 148 Å². The Morgan fingerprint density at radius 1 is 1.12 bits per heavy atom. The molecule has 0 unspecified atom stereocenters. The van der Waals surface area contributed by atoms with Gasteiger partial charge in [-0.2, -0.15) is 4.98 Å².